The molecule has 0 bridgehead atoms. The van der Waals surface area contributed by atoms with E-state index in [4.69, 9.17) is 11.6 Å². The molecule has 1 unspecified atom stereocenters. The largest absolute Gasteiger partial charge is 0.386 e. The van der Waals surface area contributed by atoms with Gasteiger partial charge in [-0.15, -0.1) is 0 Å². The van der Waals surface area contributed by atoms with Crippen molar-refractivity contribution in [3.05, 3.63) is 73.6 Å². The molecule has 0 radical (unpaired) electrons. The van der Waals surface area contributed by atoms with Crippen LogP contribution < -0.4 is 5.56 Å². The number of pyridine rings is 1. The van der Waals surface area contributed by atoms with E-state index in [0.717, 1.165) is 22.9 Å². The van der Waals surface area contributed by atoms with Crippen LogP contribution in [0.4, 0.5) is 5.69 Å². The molecule has 0 aliphatic heterocycles. The van der Waals surface area contributed by atoms with E-state index < -0.39 is 16.6 Å². The second-order valence-corrected chi connectivity index (χ2v) is 4.58. The second kappa shape index (κ2) is 5.85. The van der Waals surface area contributed by atoms with Gasteiger partial charge in [0.1, 0.15) is 0 Å². The summed E-state index contributed by atoms with van der Waals surface area (Å²) in [5, 5.41) is 21.1. The minimum absolute atomic E-state index is 0.107. The molecule has 0 aliphatic carbocycles. The number of aliphatic hydroxyl groups is 1. The van der Waals surface area contributed by atoms with Crippen molar-refractivity contribution >= 4 is 17.3 Å². The van der Waals surface area contributed by atoms with Gasteiger partial charge in [0.15, 0.2) is 0 Å². The van der Waals surface area contributed by atoms with Gasteiger partial charge in [0.2, 0.25) is 0 Å². The maximum absolute atomic E-state index is 11.6. The Hall–Kier alpha value is -2.18. The van der Waals surface area contributed by atoms with Crippen LogP contribution in [-0.4, -0.2) is 14.6 Å². The maximum Gasteiger partial charge on any atom is 0.285 e. The Morgan fingerprint density at radius 2 is 2.00 bits per heavy atom. The van der Waals surface area contributed by atoms with Gasteiger partial charge in [-0.1, -0.05) is 29.8 Å². The number of rotatable bonds is 4. The zero-order valence-corrected chi connectivity index (χ0v) is 11.0. The Balaban J connectivity index is 2.30. The zero-order valence-electron chi connectivity index (χ0n) is 10.3. The third-order valence-corrected chi connectivity index (χ3v) is 3.16. The molecular formula is C13H11ClN2O4. The third kappa shape index (κ3) is 3.04. The van der Waals surface area contributed by atoms with E-state index in [1.165, 1.54) is 0 Å². The number of hydrogen-bond acceptors (Lipinski definition) is 4. The average Bonchev–Trinajstić information content (AvgIpc) is 2.41. The first kappa shape index (κ1) is 14.2. The summed E-state index contributed by atoms with van der Waals surface area (Å²) in [7, 11) is 0. The quantitative estimate of drug-likeness (QED) is 0.691. The Kier molecular flexibility index (Phi) is 4.16. The number of aliphatic hydroxyl groups excluding tert-OH is 1. The monoisotopic (exact) mass is 294 g/mol. The van der Waals surface area contributed by atoms with Gasteiger partial charge in [0, 0.05) is 22.7 Å². The number of nitro groups is 1. The molecule has 1 aromatic heterocycles. The molecule has 7 heteroatoms. The van der Waals surface area contributed by atoms with Crippen molar-refractivity contribution in [3.8, 4) is 0 Å². The Labute approximate surface area is 119 Å². The fraction of sp³-hybridized carbons (Fsp3) is 0.154. The van der Waals surface area contributed by atoms with Crippen LogP contribution in [-0.2, 0) is 6.54 Å². The lowest BCUT2D eigenvalue weighted by Gasteiger charge is -2.14. The van der Waals surface area contributed by atoms with Crippen LogP contribution in [0.25, 0.3) is 0 Å². The summed E-state index contributed by atoms with van der Waals surface area (Å²) in [5.74, 6) is 0. The van der Waals surface area contributed by atoms with Gasteiger partial charge in [-0.2, -0.15) is 0 Å². The first-order valence-electron chi connectivity index (χ1n) is 5.76. The molecule has 0 saturated carbocycles. The van der Waals surface area contributed by atoms with Gasteiger partial charge in [-0.3, -0.25) is 14.9 Å². The van der Waals surface area contributed by atoms with Crippen LogP contribution in [0.1, 0.15) is 11.7 Å². The SMILES string of the molecule is O=c1ccc([N+](=O)[O-])cn1CC(O)c1ccccc1Cl. The van der Waals surface area contributed by atoms with E-state index in [1.54, 1.807) is 24.3 Å². The first-order chi connectivity index (χ1) is 9.49. The van der Waals surface area contributed by atoms with Crippen molar-refractivity contribution in [1.29, 1.82) is 0 Å². The van der Waals surface area contributed by atoms with Crippen LogP contribution in [0.3, 0.4) is 0 Å². The highest BCUT2D eigenvalue weighted by atomic mass is 35.5. The molecule has 0 fully saturated rings. The van der Waals surface area contributed by atoms with Crippen LogP contribution in [0.2, 0.25) is 5.02 Å². The van der Waals surface area contributed by atoms with Gasteiger partial charge in [0.05, 0.1) is 23.8 Å². The molecule has 20 heavy (non-hydrogen) atoms. The van der Waals surface area contributed by atoms with E-state index in [2.05, 4.69) is 0 Å². The summed E-state index contributed by atoms with van der Waals surface area (Å²) in [4.78, 5) is 21.7. The Morgan fingerprint density at radius 3 is 2.65 bits per heavy atom. The number of aromatic nitrogens is 1. The van der Waals surface area contributed by atoms with Crippen molar-refractivity contribution < 1.29 is 10.0 Å². The number of benzene rings is 1. The Morgan fingerprint density at radius 1 is 1.30 bits per heavy atom. The fourth-order valence-corrected chi connectivity index (χ4v) is 2.06. The smallest absolute Gasteiger partial charge is 0.285 e. The van der Waals surface area contributed by atoms with E-state index in [1.807, 2.05) is 0 Å². The molecule has 1 atom stereocenters. The van der Waals surface area contributed by atoms with Gasteiger partial charge >= 0.3 is 0 Å². The van der Waals surface area contributed by atoms with Crippen molar-refractivity contribution in [1.82, 2.24) is 4.57 Å². The summed E-state index contributed by atoms with van der Waals surface area (Å²) in [6, 6.07) is 8.91. The lowest BCUT2D eigenvalue weighted by Crippen LogP contribution is -2.22. The topological polar surface area (TPSA) is 85.4 Å². The van der Waals surface area contributed by atoms with Crippen molar-refractivity contribution in [2.45, 2.75) is 12.6 Å². The van der Waals surface area contributed by atoms with Gasteiger partial charge in [-0.05, 0) is 6.07 Å². The third-order valence-electron chi connectivity index (χ3n) is 2.81. The number of halogens is 1. The summed E-state index contributed by atoms with van der Waals surface area (Å²) < 4.78 is 1.09. The van der Waals surface area contributed by atoms with Crippen molar-refractivity contribution in [3.63, 3.8) is 0 Å². The average molecular weight is 295 g/mol. The lowest BCUT2D eigenvalue weighted by atomic mass is 10.1. The molecule has 0 saturated heterocycles. The first-order valence-corrected chi connectivity index (χ1v) is 6.14. The minimum atomic E-state index is -1.02. The van der Waals surface area contributed by atoms with E-state index in [9.17, 15) is 20.0 Å². The van der Waals surface area contributed by atoms with Crippen molar-refractivity contribution in [2.75, 3.05) is 0 Å². The molecule has 0 aliphatic rings. The van der Waals surface area contributed by atoms with E-state index in [0.29, 0.717) is 10.6 Å². The van der Waals surface area contributed by atoms with Gasteiger partial charge < -0.3 is 9.67 Å². The van der Waals surface area contributed by atoms with Crippen LogP contribution in [0, 0.1) is 10.1 Å². The molecule has 2 aromatic rings. The highest BCUT2D eigenvalue weighted by Crippen LogP contribution is 2.23. The predicted octanol–water partition coefficient (Wildman–Crippen LogP) is 2.14. The van der Waals surface area contributed by atoms with Crippen LogP contribution >= 0.6 is 11.6 Å². The summed E-state index contributed by atoms with van der Waals surface area (Å²) in [5.41, 5.74) is -0.176. The van der Waals surface area contributed by atoms with Crippen LogP contribution in [0.5, 0.6) is 0 Å². The molecule has 0 amide bonds. The standard InChI is InChI=1S/C13H11ClN2O4/c14-11-4-2-1-3-10(11)12(17)8-15-7-9(16(19)20)5-6-13(15)18/h1-7,12,17H,8H2. The predicted molar refractivity (Wildman–Crippen MR) is 73.8 cm³/mol. The number of hydrogen-bond donors (Lipinski definition) is 1. The van der Waals surface area contributed by atoms with Gasteiger partial charge in [0.25, 0.3) is 11.2 Å². The molecule has 6 nitrogen and oxygen atoms in total. The molecule has 104 valence electrons. The molecule has 1 aromatic carbocycles. The van der Waals surface area contributed by atoms with Gasteiger partial charge in [-0.25, -0.2) is 0 Å². The normalized spacial score (nSPS) is 12.1. The molecule has 1 N–H and O–H groups in total. The van der Waals surface area contributed by atoms with Crippen LogP contribution in [0.15, 0.2) is 47.4 Å². The fourth-order valence-electron chi connectivity index (χ4n) is 1.80. The molecule has 0 spiro atoms. The summed E-state index contributed by atoms with van der Waals surface area (Å²) in [6.45, 7) is -0.107. The number of nitrogens with zero attached hydrogens (tertiary/aromatic N) is 2. The minimum Gasteiger partial charge on any atom is -0.386 e. The highest BCUT2D eigenvalue weighted by molar-refractivity contribution is 6.31. The van der Waals surface area contributed by atoms with E-state index in [-0.39, 0.29) is 12.2 Å². The Bertz CT molecular complexity index is 699. The lowest BCUT2D eigenvalue weighted by molar-refractivity contribution is -0.385. The molecule has 2 rings (SSSR count). The second-order valence-electron chi connectivity index (χ2n) is 4.17. The summed E-state index contributed by atoms with van der Waals surface area (Å²) >= 11 is 5.95. The molecule has 1 heterocycles. The highest BCUT2D eigenvalue weighted by Gasteiger charge is 2.14. The van der Waals surface area contributed by atoms with Crippen molar-refractivity contribution in [2.24, 2.45) is 0 Å². The maximum atomic E-state index is 11.6. The summed E-state index contributed by atoms with van der Waals surface area (Å²) in [6.07, 6.45) is 0.0750. The zero-order chi connectivity index (χ0) is 14.7. The van der Waals surface area contributed by atoms with E-state index >= 15 is 0 Å². The molecular weight excluding hydrogens is 284 g/mol.